The second-order valence-electron chi connectivity index (χ2n) is 6.02. The zero-order valence-corrected chi connectivity index (χ0v) is 10.7. The van der Waals surface area contributed by atoms with Crippen LogP contribution in [0.4, 0.5) is 0 Å². The third-order valence-electron chi connectivity index (χ3n) is 5.05. The number of nitrogens with zero attached hydrogens (tertiary/aromatic N) is 1. The van der Waals surface area contributed by atoms with E-state index in [-0.39, 0.29) is 16.2 Å². The molecule has 1 aliphatic rings. The Morgan fingerprint density at radius 3 is 1.79 bits per heavy atom. The summed E-state index contributed by atoms with van der Waals surface area (Å²) >= 11 is 0. The van der Waals surface area contributed by atoms with E-state index in [2.05, 4.69) is 60.0 Å². The number of rotatable bonds is 0. The van der Waals surface area contributed by atoms with Crippen LogP contribution < -0.4 is 0 Å². The minimum Gasteiger partial charge on any atom is -0.262 e. The lowest BCUT2D eigenvalue weighted by atomic mass is 9.51. The van der Waals surface area contributed by atoms with E-state index in [1.807, 2.05) is 0 Å². The summed E-state index contributed by atoms with van der Waals surface area (Å²) in [6.45, 7) is 19.9. The van der Waals surface area contributed by atoms with Gasteiger partial charge in [0.25, 0.3) is 0 Å². The molecule has 1 heterocycles. The van der Waals surface area contributed by atoms with E-state index in [0.717, 1.165) is 5.70 Å². The van der Waals surface area contributed by atoms with Gasteiger partial charge in [0.15, 0.2) is 0 Å². The Balaban J connectivity index is 3.42. The molecule has 1 heteroatoms. The highest BCUT2D eigenvalue weighted by Crippen LogP contribution is 2.58. The van der Waals surface area contributed by atoms with Gasteiger partial charge in [-0.1, -0.05) is 48.1 Å². The van der Waals surface area contributed by atoms with Crippen molar-refractivity contribution in [3.05, 3.63) is 12.3 Å². The molecule has 0 aliphatic carbocycles. The van der Waals surface area contributed by atoms with Crippen molar-refractivity contribution >= 4 is 5.71 Å². The molecule has 14 heavy (non-hydrogen) atoms. The van der Waals surface area contributed by atoms with E-state index >= 15 is 0 Å². The molecule has 1 rings (SSSR count). The Morgan fingerprint density at radius 2 is 1.36 bits per heavy atom. The van der Waals surface area contributed by atoms with Gasteiger partial charge in [0.05, 0.1) is 0 Å². The summed E-state index contributed by atoms with van der Waals surface area (Å²) in [6, 6.07) is 0. The van der Waals surface area contributed by atoms with Crippen LogP contribution in [0.2, 0.25) is 0 Å². The number of allylic oxidation sites excluding steroid dienone is 1. The molecular weight excluding hydrogens is 170 g/mol. The minimum absolute atomic E-state index is 0.0655. The van der Waals surface area contributed by atoms with E-state index in [4.69, 9.17) is 0 Å². The molecule has 0 aromatic rings. The molecule has 0 saturated carbocycles. The van der Waals surface area contributed by atoms with Crippen LogP contribution in [0.25, 0.3) is 0 Å². The van der Waals surface area contributed by atoms with E-state index in [9.17, 15) is 0 Å². The standard InChI is InChI=1S/C13H23N/c1-9-11(3,4)13(7,8)12(5,6)10(2)14-9/h1H2,2-8H3. The van der Waals surface area contributed by atoms with Gasteiger partial charge in [-0.2, -0.15) is 0 Å². The van der Waals surface area contributed by atoms with Gasteiger partial charge in [-0.25, -0.2) is 0 Å². The second kappa shape index (κ2) is 2.71. The summed E-state index contributed by atoms with van der Waals surface area (Å²) in [5.74, 6) is 0. The van der Waals surface area contributed by atoms with E-state index in [0.29, 0.717) is 0 Å². The van der Waals surface area contributed by atoms with E-state index < -0.39 is 0 Å². The molecule has 0 aromatic heterocycles. The van der Waals surface area contributed by atoms with Gasteiger partial charge in [-0.05, 0) is 12.3 Å². The highest BCUT2D eigenvalue weighted by atomic mass is 14.9. The van der Waals surface area contributed by atoms with Crippen LogP contribution in [-0.4, -0.2) is 5.71 Å². The maximum atomic E-state index is 4.61. The van der Waals surface area contributed by atoms with Gasteiger partial charge in [-0.3, -0.25) is 4.99 Å². The Morgan fingerprint density at radius 1 is 0.929 bits per heavy atom. The van der Waals surface area contributed by atoms with Crippen LogP contribution >= 0.6 is 0 Å². The average molecular weight is 193 g/mol. The first-order valence-corrected chi connectivity index (χ1v) is 5.30. The summed E-state index contributed by atoms with van der Waals surface area (Å²) in [5, 5.41) is 0. The highest BCUT2D eigenvalue weighted by Gasteiger charge is 2.53. The molecule has 1 aliphatic heterocycles. The van der Waals surface area contributed by atoms with Gasteiger partial charge < -0.3 is 0 Å². The number of hydrogen-bond donors (Lipinski definition) is 0. The van der Waals surface area contributed by atoms with Crippen LogP contribution in [0.3, 0.4) is 0 Å². The molecule has 0 fully saturated rings. The van der Waals surface area contributed by atoms with Crippen molar-refractivity contribution in [1.82, 2.24) is 0 Å². The maximum absolute atomic E-state index is 4.61. The largest absolute Gasteiger partial charge is 0.262 e. The molecule has 0 amide bonds. The zero-order chi connectivity index (χ0) is 11.4. The van der Waals surface area contributed by atoms with Crippen LogP contribution in [0.5, 0.6) is 0 Å². The first-order chi connectivity index (χ1) is 6.05. The average Bonchev–Trinajstić information content (AvgIpc) is 2.01. The van der Waals surface area contributed by atoms with Crippen LogP contribution in [-0.2, 0) is 0 Å². The summed E-state index contributed by atoms with van der Waals surface area (Å²) < 4.78 is 0. The van der Waals surface area contributed by atoms with Gasteiger partial charge in [-0.15, -0.1) is 0 Å². The lowest BCUT2D eigenvalue weighted by Gasteiger charge is -2.55. The Hall–Kier alpha value is -0.590. The Bertz CT molecular complexity index is 303. The summed E-state index contributed by atoms with van der Waals surface area (Å²) in [7, 11) is 0. The fourth-order valence-electron chi connectivity index (χ4n) is 2.08. The fraction of sp³-hybridized carbons (Fsp3) is 0.769. The molecule has 0 unspecified atom stereocenters. The highest BCUT2D eigenvalue weighted by molar-refractivity contribution is 5.90. The monoisotopic (exact) mass is 193 g/mol. The lowest BCUT2D eigenvalue weighted by molar-refractivity contribution is 0.0420. The first kappa shape index (κ1) is 11.5. The van der Waals surface area contributed by atoms with Gasteiger partial charge >= 0.3 is 0 Å². The van der Waals surface area contributed by atoms with E-state index in [1.165, 1.54) is 5.71 Å². The molecule has 0 N–H and O–H groups in total. The summed E-state index contributed by atoms with van der Waals surface area (Å²) in [6.07, 6.45) is 0. The first-order valence-electron chi connectivity index (χ1n) is 5.30. The molecule has 0 aromatic carbocycles. The quantitative estimate of drug-likeness (QED) is 0.550. The Kier molecular flexibility index (Phi) is 2.22. The zero-order valence-electron chi connectivity index (χ0n) is 10.7. The van der Waals surface area contributed by atoms with Crippen LogP contribution in [0, 0.1) is 16.2 Å². The predicted octanol–water partition coefficient (Wildman–Crippen LogP) is 4.05. The van der Waals surface area contributed by atoms with Crippen molar-refractivity contribution in [1.29, 1.82) is 0 Å². The minimum atomic E-state index is 0.0655. The van der Waals surface area contributed by atoms with Crippen molar-refractivity contribution in [3.63, 3.8) is 0 Å². The fourth-order valence-corrected chi connectivity index (χ4v) is 2.08. The molecule has 80 valence electrons. The lowest BCUT2D eigenvalue weighted by Crippen LogP contribution is -2.51. The molecule has 0 atom stereocenters. The van der Waals surface area contributed by atoms with Crippen LogP contribution in [0.15, 0.2) is 17.3 Å². The molecule has 1 nitrogen and oxygen atoms in total. The molecule has 0 spiro atoms. The summed E-state index contributed by atoms with van der Waals surface area (Å²) in [4.78, 5) is 4.61. The van der Waals surface area contributed by atoms with Gasteiger partial charge in [0.2, 0.25) is 0 Å². The molecule has 0 bridgehead atoms. The van der Waals surface area contributed by atoms with Crippen molar-refractivity contribution in [2.24, 2.45) is 21.2 Å². The van der Waals surface area contributed by atoms with Crippen molar-refractivity contribution < 1.29 is 0 Å². The number of aliphatic imine (C=N–C) groups is 1. The van der Waals surface area contributed by atoms with Crippen molar-refractivity contribution in [2.45, 2.75) is 48.5 Å². The predicted molar refractivity (Wildman–Crippen MR) is 63.6 cm³/mol. The number of hydrogen-bond acceptors (Lipinski definition) is 1. The third-order valence-corrected chi connectivity index (χ3v) is 5.05. The smallest absolute Gasteiger partial charge is 0.0393 e. The maximum Gasteiger partial charge on any atom is 0.0393 e. The molecular formula is C13H23N. The van der Waals surface area contributed by atoms with Gasteiger partial charge in [0, 0.05) is 22.2 Å². The second-order valence-corrected chi connectivity index (χ2v) is 6.02. The van der Waals surface area contributed by atoms with E-state index in [1.54, 1.807) is 0 Å². The topological polar surface area (TPSA) is 12.4 Å². The molecule has 0 radical (unpaired) electrons. The summed E-state index contributed by atoms with van der Waals surface area (Å²) in [5.41, 5.74) is 2.60. The van der Waals surface area contributed by atoms with Crippen LogP contribution in [0.1, 0.15) is 48.5 Å². The van der Waals surface area contributed by atoms with Crippen molar-refractivity contribution in [3.8, 4) is 0 Å². The van der Waals surface area contributed by atoms with Gasteiger partial charge in [0.1, 0.15) is 0 Å². The Labute approximate surface area is 88.3 Å². The van der Waals surface area contributed by atoms with Crippen molar-refractivity contribution in [2.75, 3.05) is 0 Å². The normalized spacial score (nSPS) is 28.5. The molecule has 0 saturated heterocycles. The third kappa shape index (κ3) is 1.11. The SMILES string of the molecule is C=C1N=C(C)C(C)(C)C(C)(C)C1(C)C.